The first-order valence-electron chi connectivity index (χ1n) is 14.2. The summed E-state index contributed by atoms with van der Waals surface area (Å²) in [5.41, 5.74) is 1.51. The molecule has 1 heteroatoms. The Labute approximate surface area is 196 Å². The van der Waals surface area contributed by atoms with Crippen molar-refractivity contribution in [2.45, 2.75) is 156 Å². The lowest BCUT2D eigenvalue weighted by molar-refractivity contribution is -0.697. The molecule has 0 bridgehead atoms. The van der Waals surface area contributed by atoms with E-state index >= 15 is 0 Å². The van der Waals surface area contributed by atoms with Crippen LogP contribution in [-0.4, -0.2) is 0 Å². The van der Waals surface area contributed by atoms with Crippen LogP contribution in [-0.2, 0) is 13.0 Å². The van der Waals surface area contributed by atoms with E-state index in [4.69, 9.17) is 0 Å². The van der Waals surface area contributed by atoms with E-state index in [1.54, 1.807) is 0 Å². The number of hydrogen-bond acceptors (Lipinski definition) is 0. The Bertz CT molecular complexity index is 478. The number of pyridine rings is 1. The summed E-state index contributed by atoms with van der Waals surface area (Å²) in [5, 5.41) is 0. The van der Waals surface area contributed by atoms with Crippen LogP contribution in [0.4, 0.5) is 0 Å². The highest BCUT2D eigenvalue weighted by Gasteiger charge is 2.03. The average Bonchev–Trinajstić information content (AvgIpc) is 2.79. The van der Waals surface area contributed by atoms with E-state index in [0.29, 0.717) is 0 Å². The molecule has 1 aromatic rings. The molecule has 1 nitrogen and oxygen atoms in total. The topological polar surface area (TPSA) is 3.88 Å². The van der Waals surface area contributed by atoms with Crippen molar-refractivity contribution in [2.24, 2.45) is 5.92 Å². The van der Waals surface area contributed by atoms with Gasteiger partial charge < -0.3 is 0 Å². The highest BCUT2D eigenvalue weighted by Crippen LogP contribution is 2.14. The molecule has 0 saturated carbocycles. The SMILES string of the molecule is CCCCCCCCCCCCCCCCCC[n+]1ccc(CCCC(C)CC)cc1. The molecule has 1 heterocycles. The first kappa shape index (κ1) is 28.2. The molecule has 0 spiro atoms. The van der Waals surface area contributed by atoms with E-state index in [0.717, 1.165) is 5.92 Å². The highest BCUT2D eigenvalue weighted by molar-refractivity contribution is 5.07. The van der Waals surface area contributed by atoms with Gasteiger partial charge in [0.1, 0.15) is 6.54 Å². The van der Waals surface area contributed by atoms with E-state index in [9.17, 15) is 0 Å². The summed E-state index contributed by atoms with van der Waals surface area (Å²) in [6, 6.07) is 4.67. The van der Waals surface area contributed by atoms with Crippen LogP contribution in [0.25, 0.3) is 0 Å². The van der Waals surface area contributed by atoms with Crippen LogP contribution in [0.1, 0.15) is 148 Å². The van der Waals surface area contributed by atoms with Crippen LogP contribution in [0.5, 0.6) is 0 Å². The first-order valence-corrected chi connectivity index (χ1v) is 14.2. The fraction of sp³-hybridized carbons (Fsp3) is 0.833. The second-order valence-electron chi connectivity index (χ2n) is 10.2. The quantitative estimate of drug-likeness (QED) is 0.127. The van der Waals surface area contributed by atoms with Crippen LogP contribution >= 0.6 is 0 Å². The van der Waals surface area contributed by atoms with Crippen molar-refractivity contribution in [2.75, 3.05) is 0 Å². The van der Waals surface area contributed by atoms with Crippen LogP contribution in [0.2, 0.25) is 0 Å². The first-order chi connectivity index (χ1) is 15.3. The molecule has 0 fully saturated rings. The maximum Gasteiger partial charge on any atom is 0.169 e. The predicted molar refractivity (Wildman–Crippen MR) is 139 cm³/mol. The van der Waals surface area contributed by atoms with E-state index in [2.05, 4.69) is 49.9 Å². The summed E-state index contributed by atoms with van der Waals surface area (Å²) < 4.78 is 2.38. The highest BCUT2D eigenvalue weighted by atomic mass is 14.9. The van der Waals surface area contributed by atoms with Gasteiger partial charge >= 0.3 is 0 Å². The van der Waals surface area contributed by atoms with Crippen molar-refractivity contribution < 1.29 is 4.57 Å². The molecule has 0 saturated heterocycles. The van der Waals surface area contributed by atoms with E-state index in [1.807, 2.05) is 0 Å². The predicted octanol–water partition coefficient (Wildman–Crippen LogP) is 9.60. The number of hydrogen-bond donors (Lipinski definition) is 0. The Morgan fingerprint density at radius 3 is 1.52 bits per heavy atom. The summed E-state index contributed by atoms with van der Waals surface area (Å²) in [7, 11) is 0. The smallest absolute Gasteiger partial charge is 0.169 e. The molecule has 0 N–H and O–H groups in total. The van der Waals surface area contributed by atoms with Gasteiger partial charge in [0.15, 0.2) is 12.4 Å². The average molecular weight is 431 g/mol. The summed E-state index contributed by atoms with van der Waals surface area (Å²) in [5.74, 6) is 0.878. The maximum absolute atomic E-state index is 2.38. The molecule has 180 valence electrons. The van der Waals surface area contributed by atoms with E-state index < -0.39 is 0 Å². The van der Waals surface area contributed by atoms with Gasteiger partial charge in [-0.05, 0) is 30.7 Å². The van der Waals surface area contributed by atoms with Crippen molar-refractivity contribution in [1.29, 1.82) is 0 Å². The molecule has 1 atom stereocenters. The van der Waals surface area contributed by atoms with Crippen LogP contribution in [0.15, 0.2) is 24.5 Å². The molecule has 0 amide bonds. The lowest BCUT2D eigenvalue weighted by atomic mass is 10.00. The minimum absolute atomic E-state index is 0.878. The number of aromatic nitrogens is 1. The molecule has 1 aromatic heterocycles. The maximum atomic E-state index is 2.38. The van der Waals surface area contributed by atoms with Gasteiger partial charge in [-0.15, -0.1) is 0 Å². The van der Waals surface area contributed by atoms with Crippen molar-refractivity contribution >= 4 is 0 Å². The Hall–Kier alpha value is -0.850. The van der Waals surface area contributed by atoms with Gasteiger partial charge in [-0.2, -0.15) is 0 Å². The van der Waals surface area contributed by atoms with Gasteiger partial charge in [0.05, 0.1) is 0 Å². The zero-order chi connectivity index (χ0) is 22.4. The summed E-state index contributed by atoms with van der Waals surface area (Å²) in [6.45, 7) is 8.16. The van der Waals surface area contributed by atoms with Gasteiger partial charge in [0, 0.05) is 18.6 Å². The zero-order valence-electron chi connectivity index (χ0n) is 21.7. The Morgan fingerprint density at radius 1 is 0.613 bits per heavy atom. The van der Waals surface area contributed by atoms with Gasteiger partial charge in [0.25, 0.3) is 0 Å². The largest absolute Gasteiger partial charge is 0.205 e. The zero-order valence-corrected chi connectivity index (χ0v) is 21.7. The molecule has 0 aromatic carbocycles. The summed E-state index contributed by atoms with van der Waals surface area (Å²) in [6.07, 6.45) is 32.9. The minimum Gasteiger partial charge on any atom is -0.205 e. The molecule has 0 aliphatic rings. The van der Waals surface area contributed by atoms with Crippen LogP contribution in [0.3, 0.4) is 0 Å². The lowest BCUT2D eigenvalue weighted by Gasteiger charge is -2.07. The standard InChI is InChI=1S/C30H56N/c1-4-6-7-8-9-10-11-12-13-14-15-16-17-18-19-20-26-31-27-24-30(25-28-31)23-21-22-29(3)5-2/h24-25,27-29H,4-23,26H2,1-3H3/q+1. The van der Waals surface area contributed by atoms with E-state index in [-0.39, 0.29) is 0 Å². The third kappa shape index (κ3) is 17.4. The fourth-order valence-electron chi connectivity index (χ4n) is 4.51. The third-order valence-electron chi connectivity index (χ3n) is 7.09. The molecule has 31 heavy (non-hydrogen) atoms. The normalized spacial score (nSPS) is 12.4. The van der Waals surface area contributed by atoms with Crippen LogP contribution < -0.4 is 4.57 Å². The second kappa shape index (κ2) is 21.0. The van der Waals surface area contributed by atoms with Gasteiger partial charge in [-0.3, -0.25) is 0 Å². The number of unbranched alkanes of at least 4 members (excludes halogenated alkanes) is 15. The van der Waals surface area contributed by atoms with Crippen molar-refractivity contribution in [1.82, 2.24) is 0 Å². The van der Waals surface area contributed by atoms with Crippen molar-refractivity contribution in [3.63, 3.8) is 0 Å². The molecule has 0 aliphatic heterocycles. The fourth-order valence-corrected chi connectivity index (χ4v) is 4.51. The van der Waals surface area contributed by atoms with Crippen LogP contribution in [0, 0.1) is 5.92 Å². The second-order valence-corrected chi connectivity index (χ2v) is 10.2. The monoisotopic (exact) mass is 430 g/mol. The third-order valence-corrected chi connectivity index (χ3v) is 7.09. The van der Waals surface area contributed by atoms with Gasteiger partial charge in [0.2, 0.25) is 0 Å². The molecule has 0 radical (unpaired) electrons. The summed E-state index contributed by atoms with van der Waals surface area (Å²) >= 11 is 0. The molecular formula is C30H56N+. The van der Waals surface area contributed by atoms with Gasteiger partial charge in [-0.1, -0.05) is 124 Å². The molecule has 1 unspecified atom stereocenters. The number of aryl methyl sites for hydroxylation is 2. The number of rotatable bonds is 22. The lowest BCUT2D eigenvalue weighted by Crippen LogP contribution is -2.32. The molecule has 1 rings (SSSR count). The minimum atomic E-state index is 0.878. The number of nitrogens with zero attached hydrogens (tertiary/aromatic N) is 1. The van der Waals surface area contributed by atoms with Gasteiger partial charge in [-0.25, -0.2) is 4.57 Å². The summed E-state index contributed by atoms with van der Waals surface area (Å²) in [4.78, 5) is 0. The molecular weight excluding hydrogens is 374 g/mol. The van der Waals surface area contributed by atoms with Crippen molar-refractivity contribution in [3.05, 3.63) is 30.1 Å². The Balaban J connectivity index is 1.86. The van der Waals surface area contributed by atoms with Crippen molar-refractivity contribution in [3.8, 4) is 0 Å². The van der Waals surface area contributed by atoms with E-state index in [1.165, 1.54) is 141 Å². The Kier molecular flexibility index (Phi) is 19.1. The Morgan fingerprint density at radius 2 is 1.06 bits per heavy atom. The molecule has 0 aliphatic carbocycles.